The summed E-state index contributed by atoms with van der Waals surface area (Å²) in [5, 5.41) is 3.88. The SMILES string of the molecule is CCN1CCC(CN2CCCNC3(CCCC3)C2)C1. The molecule has 2 heterocycles. The summed E-state index contributed by atoms with van der Waals surface area (Å²) in [4.78, 5) is 5.40. The lowest BCUT2D eigenvalue weighted by molar-refractivity contribution is 0.183. The van der Waals surface area contributed by atoms with E-state index in [2.05, 4.69) is 22.0 Å². The average Bonchev–Trinajstić information content (AvgIpc) is 2.99. The van der Waals surface area contributed by atoms with Gasteiger partial charge in [-0.15, -0.1) is 0 Å². The topological polar surface area (TPSA) is 18.5 Å². The zero-order valence-corrected chi connectivity index (χ0v) is 12.7. The Kier molecular flexibility index (Phi) is 4.45. The highest BCUT2D eigenvalue weighted by molar-refractivity contribution is 4.97. The fourth-order valence-electron chi connectivity index (χ4n) is 4.48. The molecule has 2 saturated heterocycles. The van der Waals surface area contributed by atoms with Gasteiger partial charge in [0.1, 0.15) is 0 Å². The summed E-state index contributed by atoms with van der Waals surface area (Å²) in [5.41, 5.74) is 0.486. The lowest BCUT2D eigenvalue weighted by atomic mass is 9.96. The monoisotopic (exact) mass is 265 g/mol. The Bertz CT molecular complexity index is 286. The zero-order valence-electron chi connectivity index (χ0n) is 12.7. The van der Waals surface area contributed by atoms with Crippen molar-refractivity contribution >= 4 is 0 Å². The van der Waals surface area contributed by atoms with Crippen LogP contribution in [0.2, 0.25) is 0 Å². The van der Waals surface area contributed by atoms with Gasteiger partial charge in [0.25, 0.3) is 0 Å². The van der Waals surface area contributed by atoms with Crippen molar-refractivity contribution in [3.63, 3.8) is 0 Å². The minimum absolute atomic E-state index is 0.486. The second-order valence-electron chi connectivity index (χ2n) is 7.05. The van der Waals surface area contributed by atoms with Crippen LogP contribution in [0.25, 0.3) is 0 Å². The van der Waals surface area contributed by atoms with E-state index < -0.39 is 0 Å². The molecule has 3 fully saturated rings. The van der Waals surface area contributed by atoms with Crippen molar-refractivity contribution in [1.29, 1.82) is 0 Å². The lowest BCUT2D eigenvalue weighted by Gasteiger charge is -2.34. The highest BCUT2D eigenvalue weighted by Crippen LogP contribution is 2.32. The summed E-state index contributed by atoms with van der Waals surface area (Å²) in [7, 11) is 0. The summed E-state index contributed by atoms with van der Waals surface area (Å²) in [6.07, 6.45) is 8.46. The Hall–Kier alpha value is -0.120. The maximum absolute atomic E-state index is 3.88. The Labute approximate surface area is 118 Å². The first-order valence-electron chi connectivity index (χ1n) is 8.49. The lowest BCUT2D eigenvalue weighted by Crippen LogP contribution is -2.50. The van der Waals surface area contributed by atoms with Gasteiger partial charge >= 0.3 is 0 Å². The molecule has 1 spiro atoms. The largest absolute Gasteiger partial charge is 0.310 e. The molecule has 1 unspecified atom stereocenters. The number of nitrogens with zero attached hydrogens (tertiary/aromatic N) is 2. The van der Waals surface area contributed by atoms with Gasteiger partial charge in [0.05, 0.1) is 0 Å². The van der Waals surface area contributed by atoms with Crippen LogP contribution in [0.3, 0.4) is 0 Å². The highest BCUT2D eigenvalue weighted by atomic mass is 15.2. The number of nitrogens with one attached hydrogen (secondary N) is 1. The molecular weight excluding hydrogens is 234 g/mol. The van der Waals surface area contributed by atoms with Crippen molar-refractivity contribution in [3.8, 4) is 0 Å². The van der Waals surface area contributed by atoms with Crippen LogP contribution in [-0.2, 0) is 0 Å². The molecule has 1 N–H and O–H groups in total. The standard InChI is InChI=1S/C16H31N3/c1-2-18-11-6-15(12-18)13-19-10-5-9-17-16(14-19)7-3-4-8-16/h15,17H,2-14H2,1H3. The van der Waals surface area contributed by atoms with E-state index in [1.165, 1.54) is 84.3 Å². The van der Waals surface area contributed by atoms with Crippen molar-refractivity contribution in [3.05, 3.63) is 0 Å². The van der Waals surface area contributed by atoms with Crippen LogP contribution >= 0.6 is 0 Å². The van der Waals surface area contributed by atoms with E-state index in [1.54, 1.807) is 0 Å². The zero-order chi connectivity index (χ0) is 13.1. The Balaban J connectivity index is 1.54. The van der Waals surface area contributed by atoms with Crippen LogP contribution in [0, 0.1) is 5.92 Å². The van der Waals surface area contributed by atoms with E-state index in [0.29, 0.717) is 5.54 Å². The van der Waals surface area contributed by atoms with E-state index in [4.69, 9.17) is 0 Å². The molecule has 0 bridgehead atoms. The molecule has 1 atom stereocenters. The van der Waals surface area contributed by atoms with Crippen molar-refractivity contribution < 1.29 is 0 Å². The van der Waals surface area contributed by atoms with Crippen molar-refractivity contribution in [2.75, 3.05) is 45.8 Å². The van der Waals surface area contributed by atoms with Gasteiger partial charge < -0.3 is 15.1 Å². The number of hydrogen-bond donors (Lipinski definition) is 1. The van der Waals surface area contributed by atoms with Crippen molar-refractivity contribution in [1.82, 2.24) is 15.1 Å². The molecule has 3 nitrogen and oxygen atoms in total. The average molecular weight is 265 g/mol. The summed E-state index contributed by atoms with van der Waals surface area (Å²) in [5.74, 6) is 0.927. The normalized spacial score (nSPS) is 33.0. The molecule has 2 aliphatic heterocycles. The van der Waals surface area contributed by atoms with Crippen LogP contribution in [0.4, 0.5) is 0 Å². The fourth-order valence-corrected chi connectivity index (χ4v) is 4.48. The van der Waals surface area contributed by atoms with Gasteiger partial charge in [0.15, 0.2) is 0 Å². The third kappa shape index (κ3) is 3.32. The first-order chi connectivity index (χ1) is 9.30. The molecule has 19 heavy (non-hydrogen) atoms. The first-order valence-corrected chi connectivity index (χ1v) is 8.49. The van der Waals surface area contributed by atoms with Crippen LogP contribution in [0.15, 0.2) is 0 Å². The third-order valence-corrected chi connectivity index (χ3v) is 5.57. The van der Waals surface area contributed by atoms with Gasteiger partial charge in [-0.25, -0.2) is 0 Å². The van der Waals surface area contributed by atoms with Crippen LogP contribution < -0.4 is 5.32 Å². The predicted octanol–water partition coefficient (Wildman–Crippen LogP) is 1.94. The summed E-state index contributed by atoms with van der Waals surface area (Å²) >= 11 is 0. The molecule has 0 aromatic rings. The predicted molar refractivity (Wildman–Crippen MR) is 80.5 cm³/mol. The van der Waals surface area contributed by atoms with Gasteiger partial charge in [0.2, 0.25) is 0 Å². The van der Waals surface area contributed by atoms with Crippen LogP contribution in [0.5, 0.6) is 0 Å². The Morgan fingerprint density at radius 3 is 2.68 bits per heavy atom. The minimum atomic E-state index is 0.486. The molecule has 0 radical (unpaired) electrons. The molecule has 0 aromatic heterocycles. The number of hydrogen-bond acceptors (Lipinski definition) is 3. The molecule has 3 heteroatoms. The van der Waals surface area contributed by atoms with E-state index in [-0.39, 0.29) is 0 Å². The quantitative estimate of drug-likeness (QED) is 0.841. The van der Waals surface area contributed by atoms with E-state index in [0.717, 1.165) is 5.92 Å². The van der Waals surface area contributed by atoms with Crippen molar-refractivity contribution in [2.45, 2.75) is 51.0 Å². The fraction of sp³-hybridized carbons (Fsp3) is 1.00. The second-order valence-corrected chi connectivity index (χ2v) is 7.05. The molecule has 110 valence electrons. The molecular formula is C16H31N3. The van der Waals surface area contributed by atoms with Gasteiger partial charge in [-0.2, -0.15) is 0 Å². The number of rotatable bonds is 3. The highest BCUT2D eigenvalue weighted by Gasteiger charge is 2.37. The molecule has 0 amide bonds. The molecule has 3 rings (SSSR count). The number of likely N-dealkylation sites (tertiary alicyclic amines) is 1. The van der Waals surface area contributed by atoms with E-state index >= 15 is 0 Å². The van der Waals surface area contributed by atoms with E-state index in [1.807, 2.05) is 0 Å². The summed E-state index contributed by atoms with van der Waals surface area (Å²) in [6, 6.07) is 0. The smallest absolute Gasteiger partial charge is 0.0308 e. The molecule has 3 aliphatic rings. The molecule has 0 aromatic carbocycles. The second kappa shape index (κ2) is 6.11. The van der Waals surface area contributed by atoms with Gasteiger partial charge in [-0.1, -0.05) is 19.8 Å². The Morgan fingerprint density at radius 2 is 1.95 bits per heavy atom. The van der Waals surface area contributed by atoms with Gasteiger partial charge in [-0.05, 0) is 57.8 Å². The van der Waals surface area contributed by atoms with Crippen molar-refractivity contribution in [2.24, 2.45) is 5.92 Å². The Morgan fingerprint density at radius 1 is 1.11 bits per heavy atom. The van der Waals surface area contributed by atoms with E-state index in [9.17, 15) is 0 Å². The van der Waals surface area contributed by atoms with Gasteiger partial charge in [0, 0.05) is 25.2 Å². The minimum Gasteiger partial charge on any atom is -0.310 e. The van der Waals surface area contributed by atoms with Gasteiger partial charge in [-0.3, -0.25) is 0 Å². The first kappa shape index (κ1) is 13.8. The maximum Gasteiger partial charge on any atom is 0.0308 e. The van der Waals surface area contributed by atoms with Crippen LogP contribution in [-0.4, -0.2) is 61.2 Å². The van der Waals surface area contributed by atoms with Crippen LogP contribution in [0.1, 0.15) is 45.4 Å². The summed E-state index contributed by atoms with van der Waals surface area (Å²) in [6.45, 7) is 11.4. The maximum atomic E-state index is 3.88. The summed E-state index contributed by atoms with van der Waals surface area (Å²) < 4.78 is 0. The molecule has 1 saturated carbocycles. The third-order valence-electron chi connectivity index (χ3n) is 5.57. The molecule has 1 aliphatic carbocycles.